The molecule has 2 aromatic carbocycles. The third-order valence-corrected chi connectivity index (χ3v) is 3.46. The van der Waals surface area contributed by atoms with Crippen molar-refractivity contribution in [1.29, 1.82) is 0 Å². The Morgan fingerprint density at radius 3 is 1.79 bits per heavy atom. The van der Waals surface area contributed by atoms with E-state index in [1.54, 1.807) is 26.4 Å². The van der Waals surface area contributed by atoms with Crippen LogP contribution >= 0.6 is 0 Å². The van der Waals surface area contributed by atoms with Gasteiger partial charge in [0.1, 0.15) is 36.6 Å². The summed E-state index contributed by atoms with van der Waals surface area (Å²) in [7, 11) is 3.30. The van der Waals surface area contributed by atoms with Crippen molar-refractivity contribution in [3.63, 3.8) is 0 Å². The van der Waals surface area contributed by atoms with Gasteiger partial charge in [-0.3, -0.25) is 0 Å². The van der Waals surface area contributed by atoms with E-state index in [2.05, 4.69) is 0 Å². The van der Waals surface area contributed by atoms with Crippen LogP contribution in [0.3, 0.4) is 0 Å². The molecule has 0 radical (unpaired) electrons. The molecule has 1 atom stereocenters. The van der Waals surface area contributed by atoms with Crippen molar-refractivity contribution >= 4 is 0 Å². The van der Waals surface area contributed by atoms with Crippen molar-refractivity contribution in [2.45, 2.75) is 12.5 Å². The molecule has 0 fully saturated rings. The van der Waals surface area contributed by atoms with Crippen molar-refractivity contribution in [1.82, 2.24) is 0 Å². The van der Waals surface area contributed by atoms with Crippen molar-refractivity contribution in [3.05, 3.63) is 54.1 Å². The first-order chi connectivity index (χ1) is 11.7. The number of hydrogen-bond donors (Lipinski definition) is 1. The van der Waals surface area contributed by atoms with Gasteiger partial charge in [-0.25, -0.2) is 0 Å². The molecule has 0 saturated heterocycles. The summed E-state index contributed by atoms with van der Waals surface area (Å²) < 4.78 is 21.2. The molecule has 24 heavy (non-hydrogen) atoms. The Morgan fingerprint density at radius 2 is 1.29 bits per heavy atom. The van der Waals surface area contributed by atoms with E-state index in [0.717, 1.165) is 17.9 Å². The summed E-state index contributed by atoms with van der Waals surface area (Å²) in [6.45, 7) is 1.04. The molecule has 0 heterocycles. The predicted molar refractivity (Wildman–Crippen MR) is 92.0 cm³/mol. The average molecular weight is 332 g/mol. The molecule has 2 aromatic rings. The lowest BCUT2D eigenvalue weighted by atomic mass is 10.1. The fourth-order valence-corrected chi connectivity index (χ4v) is 2.08. The van der Waals surface area contributed by atoms with E-state index in [4.69, 9.17) is 18.9 Å². The summed E-state index contributed by atoms with van der Waals surface area (Å²) in [6.07, 6.45) is 0.162. The third-order valence-electron chi connectivity index (χ3n) is 3.46. The maximum absolute atomic E-state index is 9.95. The van der Waals surface area contributed by atoms with Crippen LogP contribution in [0.2, 0.25) is 0 Å². The highest BCUT2D eigenvalue weighted by atomic mass is 16.5. The van der Waals surface area contributed by atoms with Crippen LogP contribution in [0.5, 0.6) is 17.2 Å². The van der Waals surface area contributed by atoms with Crippen LogP contribution in [-0.2, 0) is 11.2 Å². The molecule has 130 valence electrons. The second-order valence-corrected chi connectivity index (χ2v) is 5.34. The molecule has 2 rings (SSSR count). The Kier molecular flexibility index (Phi) is 7.39. The highest BCUT2D eigenvalue weighted by Crippen LogP contribution is 2.17. The van der Waals surface area contributed by atoms with Gasteiger partial charge in [0.2, 0.25) is 0 Å². The fraction of sp³-hybridized carbons (Fsp3) is 0.368. The minimum atomic E-state index is -0.708. The Labute approximate surface area is 142 Å². The lowest BCUT2D eigenvalue weighted by Gasteiger charge is -2.14. The van der Waals surface area contributed by atoms with Crippen LogP contribution in [0.4, 0.5) is 0 Å². The minimum absolute atomic E-state index is 0.165. The molecule has 5 heteroatoms. The quantitative estimate of drug-likeness (QED) is 0.725. The molecule has 1 unspecified atom stereocenters. The zero-order valence-electron chi connectivity index (χ0n) is 14.1. The van der Waals surface area contributed by atoms with Gasteiger partial charge in [0, 0.05) is 7.11 Å². The minimum Gasteiger partial charge on any atom is -0.497 e. The van der Waals surface area contributed by atoms with Gasteiger partial charge in [-0.05, 0) is 48.4 Å². The Morgan fingerprint density at radius 1 is 0.792 bits per heavy atom. The highest BCUT2D eigenvalue weighted by molar-refractivity contribution is 5.31. The summed E-state index contributed by atoms with van der Waals surface area (Å²) in [6, 6.07) is 15.0. The average Bonchev–Trinajstić information content (AvgIpc) is 2.64. The molecular formula is C19H24O5. The van der Waals surface area contributed by atoms with E-state index in [-0.39, 0.29) is 13.2 Å². The maximum Gasteiger partial charge on any atom is 0.122 e. The molecule has 0 amide bonds. The normalized spacial score (nSPS) is 11.8. The third kappa shape index (κ3) is 6.10. The molecule has 0 aliphatic rings. The summed E-state index contributed by atoms with van der Waals surface area (Å²) >= 11 is 0. The first kappa shape index (κ1) is 18.1. The lowest BCUT2D eigenvalue weighted by molar-refractivity contribution is 0.0626. The first-order valence-corrected chi connectivity index (χ1v) is 7.87. The maximum atomic E-state index is 9.95. The second kappa shape index (κ2) is 9.80. The topological polar surface area (TPSA) is 57.2 Å². The van der Waals surface area contributed by atoms with Crippen LogP contribution in [0.15, 0.2) is 48.5 Å². The molecule has 0 bridgehead atoms. The summed E-state index contributed by atoms with van der Waals surface area (Å²) in [5.41, 5.74) is 1.19. The monoisotopic (exact) mass is 332 g/mol. The van der Waals surface area contributed by atoms with Crippen LogP contribution in [0, 0.1) is 0 Å². The molecule has 0 aromatic heterocycles. The second-order valence-electron chi connectivity index (χ2n) is 5.34. The van der Waals surface area contributed by atoms with E-state index >= 15 is 0 Å². The van der Waals surface area contributed by atoms with Crippen molar-refractivity contribution in [2.24, 2.45) is 0 Å². The lowest BCUT2D eigenvalue weighted by Crippen LogP contribution is -2.25. The summed E-state index contributed by atoms with van der Waals surface area (Å²) in [4.78, 5) is 0. The number of rotatable bonds is 10. The van der Waals surface area contributed by atoms with Gasteiger partial charge in [-0.1, -0.05) is 12.1 Å². The molecule has 0 spiro atoms. The molecular weight excluding hydrogens is 308 g/mol. The van der Waals surface area contributed by atoms with Crippen LogP contribution < -0.4 is 14.2 Å². The van der Waals surface area contributed by atoms with E-state index in [1.807, 2.05) is 36.4 Å². The molecule has 1 N–H and O–H groups in total. The largest absolute Gasteiger partial charge is 0.497 e. The summed E-state index contributed by atoms with van der Waals surface area (Å²) in [5, 5.41) is 9.95. The van der Waals surface area contributed by atoms with Crippen LogP contribution in [0.1, 0.15) is 5.56 Å². The van der Waals surface area contributed by atoms with E-state index < -0.39 is 6.10 Å². The van der Waals surface area contributed by atoms with Gasteiger partial charge in [0.25, 0.3) is 0 Å². The Hall–Kier alpha value is -2.24. The highest BCUT2D eigenvalue weighted by Gasteiger charge is 2.07. The van der Waals surface area contributed by atoms with Gasteiger partial charge < -0.3 is 24.1 Å². The molecule has 5 nitrogen and oxygen atoms in total. The van der Waals surface area contributed by atoms with Gasteiger partial charge in [0.05, 0.1) is 13.7 Å². The molecule has 0 aliphatic carbocycles. The van der Waals surface area contributed by atoms with Crippen LogP contribution in [-0.4, -0.2) is 45.3 Å². The Balaban J connectivity index is 1.71. The van der Waals surface area contributed by atoms with E-state index in [1.165, 1.54) is 5.56 Å². The number of ether oxygens (including phenoxy) is 4. The molecule has 0 saturated carbocycles. The van der Waals surface area contributed by atoms with Crippen molar-refractivity contribution in [3.8, 4) is 17.2 Å². The van der Waals surface area contributed by atoms with Gasteiger partial charge >= 0.3 is 0 Å². The zero-order valence-corrected chi connectivity index (χ0v) is 14.1. The van der Waals surface area contributed by atoms with Crippen molar-refractivity contribution < 1.29 is 24.1 Å². The fourth-order valence-electron chi connectivity index (χ4n) is 2.08. The number of methoxy groups -OCH3 is 2. The van der Waals surface area contributed by atoms with E-state index in [9.17, 15) is 5.11 Å². The number of aliphatic hydroxyl groups excluding tert-OH is 1. The van der Waals surface area contributed by atoms with Crippen molar-refractivity contribution in [2.75, 3.05) is 34.0 Å². The van der Waals surface area contributed by atoms with Gasteiger partial charge in [0.15, 0.2) is 0 Å². The smallest absolute Gasteiger partial charge is 0.122 e. The number of hydrogen-bond acceptors (Lipinski definition) is 5. The Bertz CT molecular complexity index is 580. The first-order valence-electron chi connectivity index (χ1n) is 7.87. The van der Waals surface area contributed by atoms with Gasteiger partial charge in [-0.15, -0.1) is 0 Å². The zero-order chi connectivity index (χ0) is 17.2. The number of aliphatic hydroxyl groups is 1. The molecule has 0 aliphatic heterocycles. The van der Waals surface area contributed by atoms with Gasteiger partial charge in [-0.2, -0.15) is 0 Å². The van der Waals surface area contributed by atoms with Crippen LogP contribution in [0.25, 0.3) is 0 Å². The predicted octanol–water partition coefficient (Wildman–Crippen LogP) is 2.70. The van der Waals surface area contributed by atoms with E-state index in [0.29, 0.717) is 12.4 Å². The standard InChI is InChI=1S/C19H24O5/c1-21-12-11-15-3-5-18(6-4-15)23-13-16(20)14-24-19-9-7-17(22-2)8-10-19/h3-10,16,20H,11-14H2,1-2H3. The SMILES string of the molecule is COCCc1ccc(OCC(O)COc2ccc(OC)cc2)cc1. The number of benzene rings is 2. The summed E-state index contributed by atoms with van der Waals surface area (Å²) in [5.74, 6) is 2.16.